The summed E-state index contributed by atoms with van der Waals surface area (Å²) in [5, 5.41) is 6.10. The number of nitrogens with one attached hydrogen (secondary N) is 2. The van der Waals surface area contributed by atoms with Crippen molar-refractivity contribution < 1.29 is 23.2 Å². The summed E-state index contributed by atoms with van der Waals surface area (Å²) in [5.41, 5.74) is 2.52. The van der Waals surface area contributed by atoms with Gasteiger partial charge in [0.1, 0.15) is 11.6 Å². The normalized spacial score (nSPS) is 17.8. The maximum atomic E-state index is 14.1. The summed E-state index contributed by atoms with van der Waals surface area (Å²) >= 11 is 0. The van der Waals surface area contributed by atoms with Crippen molar-refractivity contribution in [1.82, 2.24) is 10.2 Å². The molecular weight excluding hydrogens is 490 g/mol. The van der Waals surface area contributed by atoms with Crippen LogP contribution in [0.3, 0.4) is 0 Å². The lowest BCUT2D eigenvalue weighted by Gasteiger charge is -2.31. The number of nitrogens with zero attached hydrogens (tertiary/aromatic N) is 2. The van der Waals surface area contributed by atoms with E-state index in [9.17, 15) is 23.2 Å². The Morgan fingerprint density at radius 2 is 1.61 bits per heavy atom. The van der Waals surface area contributed by atoms with Crippen LogP contribution in [0.4, 0.5) is 20.2 Å². The molecule has 0 aromatic heterocycles. The summed E-state index contributed by atoms with van der Waals surface area (Å²) in [5.74, 6) is -2.93. The van der Waals surface area contributed by atoms with E-state index in [4.69, 9.17) is 0 Å². The molecule has 2 N–H and O–H groups in total. The highest BCUT2D eigenvalue weighted by molar-refractivity contribution is 6.12. The summed E-state index contributed by atoms with van der Waals surface area (Å²) in [6.07, 6.45) is 0.750. The maximum Gasteiger partial charge on any atom is 0.259 e. The van der Waals surface area contributed by atoms with Gasteiger partial charge in [-0.15, -0.1) is 0 Å². The molecule has 196 valence electrons. The van der Waals surface area contributed by atoms with Crippen molar-refractivity contribution in [3.05, 3.63) is 94.6 Å². The summed E-state index contributed by atoms with van der Waals surface area (Å²) in [6.45, 7) is 4.63. The molecule has 7 nitrogen and oxygen atoms in total. The Kier molecular flexibility index (Phi) is 7.20. The zero-order chi connectivity index (χ0) is 26.8. The van der Waals surface area contributed by atoms with Gasteiger partial charge in [-0.05, 0) is 55.8 Å². The van der Waals surface area contributed by atoms with Gasteiger partial charge in [0.05, 0.1) is 23.8 Å². The van der Waals surface area contributed by atoms with Crippen molar-refractivity contribution in [2.45, 2.75) is 25.8 Å². The summed E-state index contributed by atoms with van der Waals surface area (Å²) in [6, 6.07) is 14.1. The molecule has 1 unspecified atom stereocenters. The van der Waals surface area contributed by atoms with E-state index in [1.54, 1.807) is 23.1 Å². The molecule has 0 aliphatic carbocycles. The Balaban J connectivity index is 1.60. The number of carbonyl (C=O) groups is 3. The lowest BCUT2D eigenvalue weighted by Crippen LogP contribution is -2.36. The molecule has 2 aliphatic rings. The lowest BCUT2D eigenvalue weighted by atomic mass is 9.98. The monoisotopic (exact) mass is 518 g/mol. The minimum atomic E-state index is -0.877. The van der Waals surface area contributed by atoms with E-state index >= 15 is 0 Å². The van der Waals surface area contributed by atoms with Gasteiger partial charge in [0, 0.05) is 36.8 Å². The first kappa shape index (κ1) is 25.5. The Bertz CT molecular complexity index is 1360. The molecular formula is C29H28F2N4O3. The Morgan fingerprint density at radius 3 is 2.34 bits per heavy atom. The largest absolute Gasteiger partial charge is 0.337 e. The van der Waals surface area contributed by atoms with Gasteiger partial charge in [-0.2, -0.15) is 0 Å². The first-order valence-electron chi connectivity index (χ1n) is 12.6. The van der Waals surface area contributed by atoms with Gasteiger partial charge >= 0.3 is 0 Å². The third kappa shape index (κ3) is 5.28. The van der Waals surface area contributed by atoms with Crippen molar-refractivity contribution in [3.8, 4) is 0 Å². The van der Waals surface area contributed by atoms with Crippen LogP contribution in [0.25, 0.3) is 0 Å². The average molecular weight is 519 g/mol. The number of amides is 3. The predicted molar refractivity (Wildman–Crippen MR) is 140 cm³/mol. The topological polar surface area (TPSA) is 81.8 Å². The minimum absolute atomic E-state index is 0.0810. The maximum absolute atomic E-state index is 14.1. The molecule has 38 heavy (non-hydrogen) atoms. The summed E-state index contributed by atoms with van der Waals surface area (Å²) in [7, 11) is 0. The minimum Gasteiger partial charge on any atom is -0.337 e. The van der Waals surface area contributed by atoms with Crippen molar-refractivity contribution >= 4 is 29.1 Å². The molecule has 3 aromatic carbocycles. The van der Waals surface area contributed by atoms with Gasteiger partial charge in [0.25, 0.3) is 11.8 Å². The second kappa shape index (κ2) is 10.7. The summed E-state index contributed by atoms with van der Waals surface area (Å²) < 4.78 is 28.2. The third-order valence-corrected chi connectivity index (χ3v) is 6.89. The lowest BCUT2D eigenvalue weighted by molar-refractivity contribution is -0.116. The highest BCUT2D eigenvalue weighted by Crippen LogP contribution is 2.40. The van der Waals surface area contributed by atoms with E-state index < -0.39 is 23.6 Å². The van der Waals surface area contributed by atoms with E-state index in [-0.39, 0.29) is 29.5 Å². The van der Waals surface area contributed by atoms with E-state index in [1.807, 2.05) is 31.2 Å². The van der Waals surface area contributed by atoms with Gasteiger partial charge in [-0.1, -0.05) is 29.8 Å². The quantitative estimate of drug-likeness (QED) is 0.537. The number of hydrogen-bond acceptors (Lipinski definition) is 4. The zero-order valence-electron chi connectivity index (χ0n) is 21.0. The molecule has 1 saturated heterocycles. The van der Waals surface area contributed by atoms with Crippen LogP contribution in [0.15, 0.2) is 60.7 Å². The molecule has 1 fully saturated rings. The van der Waals surface area contributed by atoms with Crippen LogP contribution in [-0.4, -0.2) is 48.8 Å². The number of benzene rings is 3. The SMILES string of the molecule is Cc1ccc(C2CC(=O)Nc3cc(C(=O)N4CCCNCC4)ccc3N2C(=O)c2cc(F)cc(F)c2)cc1. The molecule has 2 heterocycles. The molecule has 0 bridgehead atoms. The number of hydrogen-bond donors (Lipinski definition) is 2. The van der Waals surface area contributed by atoms with Crippen LogP contribution in [0, 0.1) is 18.6 Å². The van der Waals surface area contributed by atoms with E-state index in [0.29, 0.717) is 42.5 Å². The number of halogens is 2. The number of carbonyl (C=O) groups excluding carboxylic acids is 3. The second-order valence-corrected chi connectivity index (χ2v) is 9.64. The molecule has 3 amide bonds. The molecule has 0 spiro atoms. The molecule has 0 saturated carbocycles. The fraction of sp³-hybridized carbons (Fsp3) is 0.276. The second-order valence-electron chi connectivity index (χ2n) is 9.64. The zero-order valence-corrected chi connectivity index (χ0v) is 21.0. The first-order chi connectivity index (χ1) is 18.3. The van der Waals surface area contributed by atoms with Crippen molar-refractivity contribution in [3.63, 3.8) is 0 Å². The van der Waals surface area contributed by atoms with Crippen LogP contribution >= 0.6 is 0 Å². The van der Waals surface area contributed by atoms with Crippen LogP contribution in [-0.2, 0) is 4.79 Å². The average Bonchev–Trinajstić information content (AvgIpc) is 3.25. The number of fused-ring (bicyclic) bond motifs is 1. The predicted octanol–water partition coefficient (Wildman–Crippen LogP) is 4.44. The highest BCUT2D eigenvalue weighted by atomic mass is 19.1. The number of anilines is 2. The summed E-state index contributed by atoms with van der Waals surface area (Å²) in [4.78, 5) is 43.3. The fourth-order valence-electron chi connectivity index (χ4n) is 4.97. The van der Waals surface area contributed by atoms with Gasteiger partial charge in [0.15, 0.2) is 0 Å². The molecule has 3 aromatic rings. The third-order valence-electron chi connectivity index (χ3n) is 6.89. The van der Waals surface area contributed by atoms with Gasteiger partial charge in [0.2, 0.25) is 5.91 Å². The number of aryl methyl sites for hydroxylation is 1. The van der Waals surface area contributed by atoms with Crippen molar-refractivity contribution in [2.75, 3.05) is 36.4 Å². The molecule has 0 radical (unpaired) electrons. The molecule has 1 atom stereocenters. The van der Waals surface area contributed by atoms with E-state index in [2.05, 4.69) is 10.6 Å². The smallest absolute Gasteiger partial charge is 0.259 e. The van der Waals surface area contributed by atoms with Crippen LogP contribution in [0.5, 0.6) is 0 Å². The van der Waals surface area contributed by atoms with Crippen molar-refractivity contribution in [2.24, 2.45) is 0 Å². The van der Waals surface area contributed by atoms with E-state index in [0.717, 1.165) is 30.7 Å². The highest BCUT2D eigenvalue weighted by Gasteiger charge is 2.35. The standard InChI is InChI=1S/C29H28F2N4O3/c1-18-3-5-19(6-4-18)26-17-27(36)33-24-15-20(28(37)34-11-2-9-32-10-12-34)7-8-25(24)35(26)29(38)21-13-22(30)16-23(31)14-21/h3-8,13-16,26,32H,2,9-12,17H2,1H3,(H,33,36). The Morgan fingerprint density at radius 1 is 0.868 bits per heavy atom. The molecule has 5 rings (SSSR count). The van der Waals surface area contributed by atoms with Gasteiger partial charge < -0.3 is 15.5 Å². The Hall–Kier alpha value is -4.11. The van der Waals surface area contributed by atoms with Crippen LogP contribution in [0.1, 0.15) is 50.7 Å². The van der Waals surface area contributed by atoms with Crippen molar-refractivity contribution in [1.29, 1.82) is 0 Å². The molecule has 2 aliphatic heterocycles. The van der Waals surface area contributed by atoms with Gasteiger partial charge in [-0.25, -0.2) is 8.78 Å². The Labute approximate surface area is 219 Å². The van der Waals surface area contributed by atoms with Crippen LogP contribution in [0.2, 0.25) is 0 Å². The fourth-order valence-corrected chi connectivity index (χ4v) is 4.97. The van der Waals surface area contributed by atoms with Gasteiger partial charge in [-0.3, -0.25) is 19.3 Å². The molecule has 9 heteroatoms. The van der Waals surface area contributed by atoms with E-state index in [1.165, 1.54) is 4.90 Å². The first-order valence-corrected chi connectivity index (χ1v) is 12.6. The van der Waals surface area contributed by atoms with Crippen LogP contribution < -0.4 is 15.5 Å². The number of rotatable bonds is 3.